The van der Waals surface area contributed by atoms with E-state index in [0.717, 1.165) is 12.1 Å². The number of benzene rings is 1. The van der Waals surface area contributed by atoms with Gasteiger partial charge in [0, 0.05) is 17.6 Å². The topological polar surface area (TPSA) is 70.7 Å². The van der Waals surface area contributed by atoms with Crippen molar-refractivity contribution in [2.24, 2.45) is 0 Å². The number of carbonyl (C=O) groups excluding carboxylic acids is 1. The zero-order valence-corrected chi connectivity index (χ0v) is 16.6. The fourth-order valence-corrected chi connectivity index (χ4v) is 3.63. The van der Waals surface area contributed by atoms with E-state index >= 15 is 0 Å². The molecule has 3 rings (SSSR count). The summed E-state index contributed by atoms with van der Waals surface area (Å²) >= 11 is 0. The molecule has 0 atom stereocenters. The Labute approximate surface area is 171 Å². The first-order chi connectivity index (χ1) is 14.0. The van der Waals surface area contributed by atoms with Gasteiger partial charge in [-0.05, 0) is 51.7 Å². The summed E-state index contributed by atoms with van der Waals surface area (Å²) in [7, 11) is 0. The number of hydrogen-bond acceptors (Lipinski definition) is 3. The van der Waals surface area contributed by atoms with Crippen LogP contribution in [0.5, 0.6) is 0 Å². The number of aromatic nitrogens is 2. The molecule has 1 aliphatic carbocycles. The van der Waals surface area contributed by atoms with Gasteiger partial charge in [0.15, 0.2) is 5.67 Å². The van der Waals surface area contributed by atoms with Crippen LogP contribution in [0.25, 0.3) is 11.3 Å². The molecule has 0 spiro atoms. The van der Waals surface area contributed by atoms with E-state index in [1.54, 1.807) is 4.57 Å². The number of alkyl halides is 4. The van der Waals surface area contributed by atoms with Crippen LogP contribution in [0.2, 0.25) is 0 Å². The third-order valence-electron chi connectivity index (χ3n) is 5.35. The molecule has 1 amide bonds. The molecule has 160 valence electrons. The third-order valence-corrected chi connectivity index (χ3v) is 5.35. The Morgan fingerprint density at radius 2 is 1.73 bits per heavy atom. The van der Waals surface area contributed by atoms with E-state index in [1.165, 1.54) is 32.3 Å². The summed E-state index contributed by atoms with van der Waals surface area (Å²) in [5, 5.41) is 12.3. The van der Waals surface area contributed by atoms with Crippen LogP contribution in [0, 0.1) is 11.3 Å². The summed E-state index contributed by atoms with van der Waals surface area (Å²) in [4.78, 5) is 16.1. The first-order valence-corrected chi connectivity index (χ1v) is 9.65. The van der Waals surface area contributed by atoms with E-state index in [0.29, 0.717) is 36.9 Å². The molecule has 1 aromatic carbocycles. The normalized spacial score (nSPS) is 19.9. The molecule has 1 fully saturated rings. The second-order valence-corrected chi connectivity index (χ2v) is 7.99. The molecule has 1 heterocycles. The molecular formula is C21H22F4N4O. The Kier molecular flexibility index (Phi) is 5.88. The largest absolute Gasteiger partial charge is 0.416 e. The second kappa shape index (κ2) is 8.09. The average Bonchev–Trinajstić information content (AvgIpc) is 3.11. The van der Waals surface area contributed by atoms with Crippen molar-refractivity contribution in [2.75, 3.05) is 0 Å². The molecular weight excluding hydrogens is 400 g/mol. The quantitative estimate of drug-likeness (QED) is 0.721. The first kappa shape index (κ1) is 21.8. The molecule has 30 heavy (non-hydrogen) atoms. The average molecular weight is 422 g/mol. The minimum absolute atomic E-state index is 0.0260. The zero-order chi connectivity index (χ0) is 22.1. The van der Waals surface area contributed by atoms with E-state index in [-0.39, 0.29) is 17.8 Å². The standard InChI is InChI=1S/C21H22F4N4O/c1-20(2,22)19(30)28-15-7-9-16(10-8-15)29-12-27-18(17(29)11-26)13-3-5-14(6-4-13)21(23,24)25/h3-6,12,15-16H,7-10H2,1-2H3,(H,28,30)/t15-,16+. The van der Waals surface area contributed by atoms with Crippen LogP contribution in [0.15, 0.2) is 30.6 Å². The van der Waals surface area contributed by atoms with Crippen LogP contribution in [-0.2, 0) is 11.0 Å². The molecule has 1 N–H and O–H groups in total. The molecule has 0 radical (unpaired) electrons. The number of nitriles is 1. The van der Waals surface area contributed by atoms with Crippen molar-refractivity contribution >= 4 is 5.91 Å². The van der Waals surface area contributed by atoms with E-state index < -0.39 is 23.3 Å². The Bertz CT molecular complexity index is 943. The molecule has 0 bridgehead atoms. The van der Waals surface area contributed by atoms with E-state index in [1.807, 2.05) is 0 Å². The van der Waals surface area contributed by atoms with Crippen LogP contribution in [0.1, 0.15) is 56.8 Å². The fourth-order valence-electron chi connectivity index (χ4n) is 3.63. The number of nitrogens with zero attached hydrogens (tertiary/aromatic N) is 3. The van der Waals surface area contributed by atoms with Gasteiger partial charge in [-0.1, -0.05) is 12.1 Å². The lowest BCUT2D eigenvalue weighted by Gasteiger charge is -2.31. The number of halogens is 4. The first-order valence-electron chi connectivity index (χ1n) is 9.65. The van der Waals surface area contributed by atoms with Crippen molar-refractivity contribution in [3.8, 4) is 17.3 Å². The number of imidazole rings is 1. The van der Waals surface area contributed by atoms with Gasteiger partial charge in [-0.3, -0.25) is 4.79 Å². The van der Waals surface area contributed by atoms with Gasteiger partial charge in [-0.15, -0.1) is 0 Å². The predicted molar refractivity (Wildman–Crippen MR) is 102 cm³/mol. The highest BCUT2D eigenvalue weighted by Crippen LogP contribution is 2.34. The van der Waals surface area contributed by atoms with Crippen LogP contribution in [0.3, 0.4) is 0 Å². The smallest absolute Gasteiger partial charge is 0.351 e. The maximum absolute atomic E-state index is 13.7. The number of carbonyl (C=O) groups is 1. The van der Waals surface area contributed by atoms with Gasteiger partial charge in [0.2, 0.25) is 0 Å². The molecule has 0 unspecified atom stereocenters. The zero-order valence-electron chi connectivity index (χ0n) is 16.6. The van der Waals surface area contributed by atoms with Gasteiger partial charge in [-0.25, -0.2) is 9.37 Å². The van der Waals surface area contributed by atoms with Crippen LogP contribution < -0.4 is 5.32 Å². The Morgan fingerprint density at radius 3 is 2.23 bits per heavy atom. The van der Waals surface area contributed by atoms with Crippen molar-refractivity contribution in [2.45, 2.75) is 63.5 Å². The lowest BCUT2D eigenvalue weighted by molar-refractivity contribution is -0.137. The SMILES string of the molecule is CC(C)(F)C(=O)N[C@H]1CC[C@@H](n2cnc(-c3ccc(C(F)(F)F)cc3)c2C#N)CC1. The van der Waals surface area contributed by atoms with E-state index in [9.17, 15) is 27.6 Å². The molecule has 0 saturated heterocycles. The fraction of sp³-hybridized carbons (Fsp3) is 0.476. The minimum atomic E-state index is -4.43. The molecule has 1 aliphatic rings. The summed E-state index contributed by atoms with van der Waals surface area (Å²) in [6.45, 7) is 2.42. The van der Waals surface area contributed by atoms with Crippen molar-refractivity contribution in [3.63, 3.8) is 0 Å². The summed E-state index contributed by atoms with van der Waals surface area (Å²) in [5.74, 6) is -0.643. The van der Waals surface area contributed by atoms with Gasteiger partial charge < -0.3 is 9.88 Å². The molecule has 5 nitrogen and oxygen atoms in total. The molecule has 0 aliphatic heterocycles. The second-order valence-electron chi connectivity index (χ2n) is 7.99. The number of hydrogen-bond donors (Lipinski definition) is 1. The summed E-state index contributed by atoms with van der Waals surface area (Å²) in [5.41, 5.74) is -1.65. The maximum atomic E-state index is 13.7. The maximum Gasteiger partial charge on any atom is 0.416 e. The molecule has 2 aromatic rings. The van der Waals surface area contributed by atoms with Gasteiger partial charge in [0.1, 0.15) is 17.5 Å². The van der Waals surface area contributed by atoms with Gasteiger partial charge in [-0.2, -0.15) is 18.4 Å². The number of nitrogens with one attached hydrogen (secondary N) is 1. The lowest BCUT2D eigenvalue weighted by atomic mass is 9.90. The molecule has 9 heteroatoms. The van der Waals surface area contributed by atoms with Gasteiger partial charge in [0.25, 0.3) is 5.91 Å². The summed E-state index contributed by atoms with van der Waals surface area (Å²) < 4.78 is 53.8. The number of amides is 1. The highest BCUT2D eigenvalue weighted by atomic mass is 19.4. The van der Waals surface area contributed by atoms with Crippen LogP contribution in [-0.4, -0.2) is 27.2 Å². The van der Waals surface area contributed by atoms with Crippen LogP contribution in [0.4, 0.5) is 17.6 Å². The third kappa shape index (κ3) is 4.64. The minimum Gasteiger partial charge on any atom is -0.351 e. The Morgan fingerprint density at radius 1 is 1.13 bits per heavy atom. The van der Waals surface area contributed by atoms with Crippen molar-refractivity contribution in [1.29, 1.82) is 5.26 Å². The predicted octanol–water partition coefficient (Wildman–Crippen LogP) is 4.79. The van der Waals surface area contributed by atoms with Gasteiger partial charge >= 0.3 is 6.18 Å². The summed E-state index contributed by atoms with van der Waals surface area (Å²) in [6, 6.07) is 6.50. The molecule has 1 saturated carbocycles. The summed E-state index contributed by atoms with van der Waals surface area (Å²) in [6.07, 6.45) is -0.318. The van der Waals surface area contributed by atoms with Crippen molar-refractivity contribution < 1.29 is 22.4 Å². The lowest BCUT2D eigenvalue weighted by Crippen LogP contribution is -2.45. The Hall–Kier alpha value is -2.89. The van der Waals surface area contributed by atoms with E-state index in [2.05, 4.69) is 16.4 Å². The monoisotopic (exact) mass is 422 g/mol. The van der Waals surface area contributed by atoms with Crippen LogP contribution >= 0.6 is 0 Å². The highest BCUT2D eigenvalue weighted by Gasteiger charge is 2.32. The van der Waals surface area contributed by atoms with Crippen molar-refractivity contribution in [1.82, 2.24) is 14.9 Å². The number of rotatable bonds is 4. The Balaban J connectivity index is 1.73. The van der Waals surface area contributed by atoms with Crippen molar-refractivity contribution in [3.05, 3.63) is 41.9 Å². The molecule has 1 aromatic heterocycles. The highest BCUT2D eigenvalue weighted by molar-refractivity contribution is 5.84. The van der Waals surface area contributed by atoms with E-state index in [4.69, 9.17) is 0 Å². The van der Waals surface area contributed by atoms with Gasteiger partial charge in [0.05, 0.1) is 11.9 Å².